The second-order valence-corrected chi connectivity index (χ2v) is 8.44. The van der Waals surface area contributed by atoms with Gasteiger partial charge in [0.2, 0.25) is 5.91 Å². The predicted molar refractivity (Wildman–Crippen MR) is 122 cm³/mol. The highest BCUT2D eigenvalue weighted by Gasteiger charge is 2.27. The van der Waals surface area contributed by atoms with E-state index in [-0.39, 0.29) is 17.8 Å². The fraction of sp³-hybridized carbons (Fsp3) is 0.360. The van der Waals surface area contributed by atoms with Crippen molar-refractivity contribution in [2.24, 2.45) is 0 Å². The lowest BCUT2D eigenvalue weighted by atomic mass is 10.0. The van der Waals surface area contributed by atoms with Gasteiger partial charge < -0.3 is 15.0 Å². The molecule has 1 aromatic carbocycles. The lowest BCUT2D eigenvalue weighted by Gasteiger charge is -2.30. The van der Waals surface area contributed by atoms with Gasteiger partial charge in [0, 0.05) is 55.2 Å². The minimum Gasteiger partial charge on any atom is -0.378 e. The van der Waals surface area contributed by atoms with Gasteiger partial charge in [-0.05, 0) is 49.6 Å². The number of benzene rings is 1. The minimum atomic E-state index is -0.332. The van der Waals surface area contributed by atoms with Crippen molar-refractivity contribution in [1.29, 1.82) is 0 Å². The molecule has 5 rings (SSSR count). The molecule has 1 fully saturated rings. The summed E-state index contributed by atoms with van der Waals surface area (Å²) < 4.78 is 19.5. The van der Waals surface area contributed by atoms with Crippen LogP contribution in [-0.2, 0) is 22.5 Å². The Balaban J connectivity index is 1.42. The van der Waals surface area contributed by atoms with Gasteiger partial charge in [-0.15, -0.1) is 0 Å². The molecule has 3 aromatic rings. The average Bonchev–Trinajstić information content (AvgIpc) is 3.36. The molecule has 1 atom stereocenters. The van der Waals surface area contributed by atoms with Crippen LogP contribution in [0.5, 0.6) is 0 Å². The highest BCUT2D eigenvalue weighted by molar-refractivity contribution is 5.77. The number of carbonyl (C=O) groups is 1. The quantitative estimate of drug-likeness (QED) is 0.608. The molecule has 0 aliphatic carbocycles. The van der Waals surface area contributed by atoms with Crippen LogP contribution < -0.4 is 5.32 Å². The molecule has 7 nitrogen and oxygen atoms in total. The Morgan fingerprint density at radius 2 is 2.18 bits per heavy atom. The third kappa shape index (κ3) is 5.01. The summed E-state index contributed by atoms with van der Waals surface area (Å²) in [6.07, 6.45) is 7.58. The zero-order chi connectivity index (χ0) is 22.6. The van der Waals surface area contributed by atoms with Crippen molar-refractivity contribution >= 4 is 17.4 Å². The number of pyridine rings is 1. The van der Waals surface area contributed by atoms with Crippen LogP contribution in [0.25, 0.3) is 11.4 Å². The monoisotopic (exact) mass is 447 g/mol. The van der Waals surface area contributed by atoms with Gasteiger partial charge in [0.15, 0.2) is 5.82 Å². The van der Waals surface area contributed by atoms with E-state index in [9.17, 15) is 9.18 Å². The van der Waals surface area contributed by atoms with E-state index in [4.69, 9.17) is 14.7 Å². The van der Waals surface area contributed by atoms with E-state index in [0.29, 0.717) is 43.3 Å². The summed E-state index contributed by atoms with van der Waals surface area (Å²) in [4.78, 5) is 28.5. The molecule has 2 aromatic heterocycles. The van der Waals surface area contributed by atoms with Gasteiger partial charge in [-0.2, -0.15) is 0 Å². The number of hydrogen-bond acceptors (Lipinski definition) is 6. The number of anilines is 2. The number of fused-ring (bicyclic) bond motifs is 1. The Labute approximate surface area is 192 Å². The summed E-state index contributed by atoms with van der Waals surface area (Å²) in [5, 5.41) is 3.25. The molecule has 0 spiro atoms. The van der Waals surface area contributed by atoms with Crippen molar-refractivity contribution in [3.63, 3.8) is 0 Å². The second-order valence-electron chi connectivity index (χ2n) is 8.44. The second kappa shape index (κ2) is 9.62. The maximum atomic E-state index is 13.8. The van der Waals surface area contributed by atoms with Crippen molar-refractivity contribution in [3.05, 3.63) is 65.9 Å². The van der Waals surface area contributed by atoms with Gasteiger partial charge in [-0.25, -0.2) is 14.4 Å². The zero-order valence-corrected chi connectivity index (χ0v) is 18.3. The Morgan fingerprint density at radius 1 is 1.24 bits per heavy atom. The number of rotatable bonds is 6. The zero-order valence-electron chi connectivity index (χ0n) is 18.3. The van der Waals surface area contributed by atoms with Gasteiger partial charge >= 0.3 is 0 Å². The van der Waals surface area contributed by atoms with E-state index >= 15 is 0 Å². The largest absolute Gasteiger partial charge is 0.378 e. The molecular formula is C25H26FN5O2. The number of amides is 1. The maximum absolute atomic E-state index is 13.8. The Bertz CT molecular complexity index is 1130. The van der Waals surface area contributed by atoms with Crippen molar-refractivity contribution in [3.8, 4) is 11.4 Å². The maximum Gasteiger partial charge on any atom is 0.222 e. The standard InChI is InChI=1S/C25H26FN5O2/c26-18-5-1-6-19(14-18)28-25-21-16-31(23(32)9-8-20-7-3-13-33-20)12-10-22(21)29-24(30-25)17-4-2-11-27-15-17/h1-2,4-6,11,14-15,20H,3,7-10,12-13,16H2,(H,28,29,30)/t20-/m1/s1. The van der Waals surface area contributed by atoms with Crippen LogP contribution in [-0.4, -0.2) is 45.0 Å². The molecular weight excluding hydrogens is 421 g/mol. The Morgan fingerprint density at radius 3 is 2.97 bits per heavy atom. The van der Waals surface area contributed by atoms with Gasteiger partial charge in [0.05, 0.1) is 18.3 Å². The minimum absolute atomic E-state index is 0.115. The third-order valence-electron chi connectivity index (χ3n) is 6.12. The number of aromatic nitrogens is 3. The summed E-state index contributed by atoms with van der Waals surface area (Å²) >= 11 is 0. The number of nitrogens with zero attached hydrogens (tertiary/aromatic N) is 4. The molecule has 2 aliphatic rings. The smallest absolute Gasteiger partial charge is 0.222 e. The first-order valence-electron chi connectivity index (χ1n) is 11.4. The Hall–Kier alpha value is -3.39. The summed E-state index contributed by atoms with van der Waals surface area (Å²) in [5.41, 5.74) is 3.15. The third-order valence-corrected chi connectivity index (χ3v) is 6.12. The first kappa shape index (κ1) is 21.5. The Kier molecular flexibility index (Phi) is 6.26. The van der Waals surface area contributed by atoms with Gasteiger partial charge in [0.25, 0.3) is 0 Å². The van der Waals surface area contributed by atoms with Crippen LogP contribution in [0.4, 0.5) is 15.9 Å². The molecule has 33 heavy (non-hydrogen) atoms. The van der Waals surface area contributed by atoms with Crippen molar-refractivity contribution in [2.45, 2.75) is 44.8 Å². The number of halogens is 1. The van der Waals surface area contributed by atoms with Crippen LogP contribution in [0, 0.1) is 5.82 Å². The number of ether oxygens (including phenoxy) is 1. The number of hydrogen-bond donors (Lipinski definition) is 1. The molecule has 0 unspecified atom stereocenters. The van der Waals surface area contributed by atoms with Crippen LogP contribution in [0.15, 0.2) is 48.8 Å². The molecule has 4 heterocycles. The molecule has 2 aliphatic heterocycles. The molecule has 0 saturated carbocycles. The SMILES string of the molecule is O=C(CC[C@H]1CCCO1)N1CCc2nc(-c3cccnc3)nc(Nc3cccc(F)c3)c2C1. The normalized spacial score (nSPS) is 17.6. The van der Waals surface area contributed by atoms with Crippen LogP contribution in [0.2, 0.25) is 0 Å². The summed E-state index contributed by atoms with van der Waals surface area (Å²) in [6.45, 7) is 1.83. The predicted octanol–water partition coefficient (Wildman–Crippen LogP) is 4.27. The summed E-state index contributed by atoms with van der Waals surface area (Å²) in [7, 11) is 0. The van der Waals surface area contributed by atoms with Gasteiger partial charge in [-0.3, -0.25) is 9.78 Å². The van der Waals surface area contributed by atoms with Gasteiger partial charge in [0.1, 0.15) is 11.6 Å². The highest BCUT2D eigenvalue weighted by atomic mass is 19.1. The van der Waals surface area contributed by atoms with E-state index in [1.54, 1.807) is 24.5 Å². The highest BCUT2D eigenvalue weighted by Crippen LogP contribution is 2.30. The molecule has 1 saturated heterocycles. The fourth-order valence-electron chi connectivity index (χ4n) is 4.37. The first-order valence-corrected chi connectivity index (χ1v) is 11.4. The molecule has 0 bridgehead atoms. The summed E-state index contributed by atoms with van der Waals surface area (Å²) in [6, 6.07) is 10.0. The van der Waals surface area contributed by atoms with E-state index in [0.717, 1.165) is 42.7 Å². The van der Waals surface area contributed by atoms with E-state index in [1.807, 2.05) is 17.0 Å². The topological polar surface area (TPSA) is 80.2 Å². The lowest BCUT2D eigenvalue weighted by molar-refractivity contribution is -0.132. The summed E-state index contributed by atoms with van der Waals surface area (Å²) in [5.74, 6) is 0.922. The van der Waals surface area contributed by atoms with Crippen LogP contribution >= 0.6 is 0 Å². The van der Waals surface area contributed by atoms with E-state index in [1.165, 1.54) is 12.1 Å². The van der Waals surface area contributed by atoms with Gasteiger partial charge in [-0.1, -0.05) is 6.07 Å². The molecule has 0 radical (unpaired) electrons. The first-order chi connectivity index (χ1) is 16.2. The number of nitrogens with one attached hydrogen (secondary N) is 1. The lowest BCUT2D eigenvalue weighted by Crippen LogP contribution is -2.37. The van der Waals surface area contributed by atoms with Crippen molar-refractivity contribution < 1.29 is 13.9 Å². The molecule has 170 valence electrons. The molecule has 1 N–H and O–H groups in total. The molecule has 8 heteroatoms. The van der Waals surface area contributed by atoms with Crippen LogP contribution in [0.3, 0.4) is 0 Å². The molecule has 1 amide bonds. The van der Waals surface area contributed by atoms with Crippen LogP contribution in [0.1, 0.15) is 36.9 Å². The van der Waals surface area contributed by atoms with Crippen molar-refractivity contribution in [2.75, 3.05) is 18.5 Å². The van der Waals surface area contributed by atoms with E-state index < -0.39 is 0 Å². The van der Waals surface area contributed by atoms with E-state index in [2.05, 4.69) is 10.3 Å². The number of carbonyl (C=O) groups excluding carboxylic acids is 1. The van der Waals surface area contributed by atoms with Crippen molar-refractivity contribution in [1.82, 2.24) is 19.9 Å². The average molecular weight is 448 g/mol. The fourth-order valence-corrected chi connectivity index (χ4v) is 4.37.